The SMILES string of the molecule is C#CCN(C(=O)/C1=C(N)/C=C/CC(c2cccnc2)N=CS1)c1ccc(F)cc1. The molecule has 0 saturated heterocycles. The molecule has 0 aliphatic carbocycles. The highest BCUT2D eigenvalue weighted by Crippen LogP contribution is 2.28. The molecule has 5 nitrogen and oxygen atoms in total. The van der Waals surface area contributed by atoms with Crippen LogP contribution in [0.4, 0.5) is 10.1 Å². The van der Waals surface area contributed by atoms with Gasteiger partial charge in [-0.05, 0) is 48.4 Å². The Hall–Kier alpha value is -3.37. The number of anilines is 1. The maximum absolute atomic E-state index is 13.3. The summed E-state index contributed by atoms with van der Waals surface area (Å²) in [7, 11) is 0. The van der Waals surface area contributed by atoms with E-state index in [0.717, 1.165) is 17.3 Å². The lowest BCUT2D eigenvalue weighted by Crippen LogP contribution is -2.33. The van der Waals surface area contributed by atoms with Gasteiger partial charge in [0.25, 0.3) is 5.91 Å². The molecule has 1 unspecified atom stereocenters. The van der Waals surface area contributed by atoms with Crippen molar-refractivity contribution >= 4 is 28.9 Å². The van der Waals surface area contributed by atoms with Gasteiger partial charge in [0.1, 0.15) is 10.7 Å². The van der Waals surface area contributed by atoms with Gasteiger partial charge >= 0.3 is 0 Å². The zero-order chi connectivity index (χ0) is 20.6. The molecule has 1 aromatic carbocycles. The lowest BCUT2D eigenvalue weighted by Gasteiger charge is -2.21. The van der Waals surface area contributed by atoms with Crippen LogP contribution in [0.15, 0.2) is 76.5 Å². The van der Waals surface area contributed by atoms with Gasteiger partial charge in [-0.2, -0.15) is 0 Å². The number of hydrogen-bond donors (Lipinski definition) is 1. The molecule has 2 heterocycles. The number of nitrogens with two attached hydrogens (primary N) is 1. The van der Waals surface area contributed by atoms with E-state index in [9.17, 15) is 9.18 Å². The Morgan fingerprint density at radius 1 is 1.34 bits per heavy atom. The van der Waals surface area contributed by atoms with Gasteiger partial charge in [-0.25, -0.2) is 4.39 Å². The minimum Gasteiger partial charge on any atom is -0.398 e. The number of pyridine rings is 1. The van der Waals surface area contributed by atoms with Gasteiger partial charge in [0.15, 0.2) is 0 Å². The van der Waals surface area contributed by atoms with E-state index in [2.05, 4.69) is 15.9 Å². The summed E-state index contributed by atoms with van der Waals surface area (Å²) in [5.41, 5.74) is 9.58. The Bertz CT molecular complexity index is 994. The molecule has 0 saturated carbocycles. The minimum atomic E-state index is -0.395. The number of carbonyl (C=O) groups excluding carboxylic acids is 1. The van der Waals surface area contributed by atoms with Crippen LogP contribution in [0, 0.1) is 18.2 Å². The van der Waals surface area contributed by atoms with E-state index in [-0.39, 0.29) is 18.5 Å². The molecular formula is C22H19FN4OS. The molecule has 0 fully saturated rings. The van der Waals surface area contributed by atoms with Crippen molar-refractivity contribution in [1.82, 2.24) is 4.98 Å². The maximum atomic E-state index is 13.3. The smallest absolute Gasteiger partial charge is 0.268 e. The van der Waals surface area contributed by atoms with Crippen LogP contribution in [-0.2, 0) is 4.79 Å². The Labute approximate surface area is 173 Å². The molecule has 7 heteroatoms. The highest BCUT2D eigenvalue weighted by Gasteiger charge is 2.22. The zero-order valence-electron chi connectivity index (χ0n) is 15.5. The van der Waals surface area contributed by atoms with Gasteiger partial charge in [0.2, 0.25) is 0 Å². The molecule has 3 rings (SSSR count). The Morgan fingerprint density at radius 2 is 2.14 bits per heavy atom. The Kier molecular flexibility index (Phi) is 6.82. The van der Waals surface area contributed by atoms with E-state index in [1.807, 2.05) is 18.2 Å². The summed E-state index contributed by atoms with van der Waals surface area (Å²) in [6.07, 6.45) is 13.1. The minimum absolute atomic E-state index is 0.0287. The number of aliphatic imine (C=N–C) groups is 1. The average Bonchev–Trinajstić information content (AvgIpc) is 2.83. The Morgan fingerprint density at radius 3 is 2.83 bits per heavy atom. The van der Waals surface area contributed by atoms with Crippen molar-refractivity contribution in [3.63, 3.8) is 0 Å². The van der Waals surface area contributed by atoms with Crippen molar-refractivity contribution in [3.05, 3.63) is 82.9 Å². The highest BCUT2D eigenvalue weighted by atomic mass is 32.2. The first-order chi connectivity index (χ1) is 14.1. The van der Waals surface area contributed by atoms with Crippen LogP contribution in [0.1, 0.15) is 18.0 Å². The lowest BCUT2D eigenvalue weighted by atomic mass is 10.1. The first-order valence-corrected chi connectivity index (χ1v) is 9.73. The second-order valence-electron chi connectivity index (χ2n) is 6.17. The van der Waals surface area contributed by atoms with Gasteiger partial charge in [0, 0.05) is 18.1 Å². The first kappa shape index (κ1) is 20.4. The van der Waals surface area contributed by atoms with Gasteiger partial charge in [-0.1, -0.05) is 29.8 Å². The topological polar surface area (TPSA) is 71.6 Å². The summed E-state index contributed by atoms with van der Waals surface area (Å²) < 4.78 is 13.3. The quantitative estimate of drug-likeness (QED) is 0.784. The van der Waals surface area contributed by atoms with Crippen LogP contribution in [0.25, 0.3) is 0 Å². The van der Waals surface area contributed by atoms with Gasteiger partial charge in [-0.3, -0.25) is 19.7 Å². The summed E-state index contributed by atoms with van der Waals surface area (Å²) in [5, 5.41) is 0. The van der Waals surface area contributed by atoms with Gasteiger partial charge in [0.05, 0.1) is 23.8 Å². The molecule has 2 aromatic rings. The van der Waals surface area contributed by atoms with Crippen LogP contribution >= 0.6 is 11.8 Å². The lowest BCUT2D eigenvalue weighted by molar-refractivity contribution is -0.114. The molecule has 1 atom stereocenters. The number of hydrogen-bond acceptors (Lipinski definition) is 5. The predicted octanol–water partition coefficient (Wildman–Crippen LogP) is 3.82. The summed E-state index contributed by atoms with van der Waals surface area (Å²) in [6, 6.07) is 9.26. The van der Waals surface area contributed by atoms with E-state index in [0.29, 0.717) is 22.7 Å². The normalized spacial score (nSPS) is 20.1. The predicted molar refractivity (Wildman–Crippen MR) is 116 cm³/mol. The van der Waals surface area contributed by atoms with E-state index in [4.69, 9.17) is 12.2 Å². The molecule has 1 aliphatic heterocycles. The van der Waals surface area contributed by atoms with E-state index in [1.54, 1.807) is 24.0 Å². The molecule has 0 spiro atoms. The molecule has 1 aliphatic rings. The number of benzene rings is 1. The number of carbonyl (C=O) groups is 1. The molecule has 29 heavy (non-hydrogen) atoms. The molecular weight excluding hydrogens is 387 g/mol. The molecule has 2 N–H and O–H groups in total. The summed E-state index contributed by atoms with van der Waals surface area (Å²) in [6.45, 7) is 0.0287. The van der Waals surface area contributed by atoms with Gasteiger partial charge < -0.3 is 5.73 Å². The molecule has 1 aromatic heterocycles. The third-order valence-electron chi connectivity index (χ3n) is 4.23. The number of nitrogens with zero attached hydrogens (tertiary/aromatic N) is 3. The summed E-state index contributed by atoms with van der Waals surface area (Å²) >= 11 is 1.13. The van der Waals surface area contributed by atoms with Gasteiger partial charge in [-0.15, -0.1) is 6.42 Å². The van der Waals surface area contributed by atoms with Crippen LogP contribution in [-0.4, -0.2) is 23.0 Å². The third-order valence-corrected chi connectivity index (χ3v) is 5.10. The van der Waals surface area contributed by atoms with Crippen molar-refractivity contribution < 1.29 is 9.18 Å². The van der Waals surface area contributed by atoms with Crippen molar-refractivity contribution in [2.24, 2.45) is 10.7 Å². The number of halogens is 1. The fourth-order valence-corrected chi connectivity index (χ4v) is 3.50. The molecule has 0 bridgehead atoms. The van der Waals surface area contributed by atoms with Crippen molar-refractivity contribution in [1.29, 1.82) is 0 Å². The Balaban J connectivity index is 1.87. The van der Waals surface area contributed by atoms with Crippen LogP contribution in [0.2, 0.25) is 0 Å². The average molecular weight is 406 g/mol. The third kappa shape index (κ3) is 5.12. The monoisotopic (exact) mass is 406 g/mol. The fraction of sp³-hybridized carbons (Fsp3) is 0.136. The largest absolute Gasteiger partial charge is 0.398 e. The van der Waals surface area contributed by atoms with Crippen LogP contribution in [0.3, 0.4) is 0 Å². The summed E-state index contributed by atoms with van der Waals surface area (Å²) in [4.78, 5) is 23.6. The molecule has 1 amide bonds. The molecule has 0 radical (unpaired) electrons. The number of rotatable bonds is 4. The number of aromatic nitrogens is 1. The fourth-order valence-electron chi connectivity index (χ4n) is 2.77. The maximum Gasteiger partial charge on any atom is 0.268 e. The van der Waals surface area contributed by atoms with E-state index in [1.165, 1.54) is 29.2 Å². The van der Waals surface area contributed by atoms with Crippen molar-refractivity contribution in [2.45, 2.75) is 12.5 Å². The van der Waals surface area contributed by atoms with E-state index < -0.39 is 5.82 Å². The second kappa shape index (κ2) is 9.71. The van der Waals surface area contributed by atoms with Crippen molar-refractivity contribution in [3.8, 4) is 12.3 Å². The standard InChI is InChI=1S/C22H19FN4OS/c1-2-13-27(18-10-8-17(23)9-11-18)22(28)21-19(24)6-3-7-20(26-15-29-21)16-5-4-12-25-14-16/h1,3-6,8-12,14-15,20H,7,13,24H2/b6-3+,21-19+,26-15?. The number of allylic oxidation sites excluding steroid dienone is 1. The van der Waals surface area contributed by atoms with Crippen LogP contribution in [0.5, 0.6) is 0 Å². The van der Waals surface area contributed by atoms with E-state index >= 15 is 0 Å². The zero-order valence-corrected chi connectivity index (χ0v) is 16.3. The van der Waals surface area contributed by atoms with Crippen molar-refractivity contribution in [2.75, 3.05) is 11.4 Å². The molecule has 146 valence electrons. The first-order valence-electron chi connectivity index (χ1n) is 8.85. The number of amides is 1. The number of thioether (sulfide) groups is 1. The summed E-state index contributed by atoms with van der Waals surface area (Å²) in [5.74, 6) is 1.70. The van der Waals surface area contributed by atoms with Crippen LogP contribution < -0.4 is 10.6 Å². The highest BCUT2D eigenvalue weighted by molar-refractivity contribution is 8.16. The second-order valence-corrected chi connectivity index (χ2v) is 7.02. The number of terminal acetylenes is 1.